The van der Waals surface area contributed by atoms with Crippen LogP contribution in [-0.4, -0.2) is 54.5 Å². The van der Waals surface area contributed by atoms with Crippen LogP contribution in [0.5, 0.6) is 17.2 Å². The first-order chi connectivity index (χ1) is 19.1. The van der Waals surface area contributed by atoms with E-state index >= 15 is 0 Å². The number of hydrogen-bond donors (Lipinski definition) is 1. The second kappa shape index (κ2) is 15.0. The van der Waals surface area contributed by atoms with Gasteiger partial charge in [0.15, 0.2) is 17.6 Å². The lowest BCUT2D eigenvalue weighted by molar-refractivity contribution is -0.141. The molecule has 1 fully saturated rings. The predicted octanol–water partition coefficient (Wildman–Crippen LogP) is 6.04. The van der Waals surface area contributed by atoms with E-state index in [1.807, 2.05) is 48.5 Å². The molecule has 2 aromatic rings. The zero-order chi connectivity index (χ0) is 27.5. The summed E-state index contributed by atoms with van der Waals surface area (Å²) in [6, 6.07) is 14.2. The van der Waals surface area contributed by atoms with Crippen LogP contribution in [0.4, 0.5) is 0 Å². The van der Waals surface area contributed by atoms with Crippen LogP contribution in [0.1, 0.15) is 76.3 Å². The standard InChI is InChI=1S/C31H41ClN2O5/c1-2-3-4-10-19-37-25-17-15-23(16-18-25)30(31(36)33-24-11-6-5-7-12-24)34(29(35)20-32)21-26-22-38-27-13-8-9-14-28(27)39-26/h8-9,13-18,24,26,30H,2-7,10-12,19-22H2,1H3,(H,33,36)/t26-,30+/m0/s1. The van der Waals surface area contributed by atoms with Crippen LogP contribution in [-0.2, 0) is 9.59 Å². The van der Waals surface area contributed by atoms with Crippen molar-refractivity contribution in [3.63, 3.8) is 0 Å². The minimum atomic E-state index is -0.849. The van der Waals surface area contributed by atoms with Gasteiger partial charge in [0, 0.05) is 6.04 Å². The summed E-state index contributed by atoms with van der Waals surface area (Å²) in [6.07, 6.45) is 9.36. The third-order valence-electron chi connectivity index (χ3n) is 7.38. The molecule has 2 aromatic carbocycles. The molecule has 0 spiro atoms. The molecule has 0 bridgehead atoms. The molecule has 2 amide bonds. The Morgan fingerprint density at radius 2 is 1.77 bits per heavy atom. The molecule has 8 heteroatoms. The molecule has 0 saturated heterocycles. The van der Waals surface area contributed by atoms with E-state index in [4.69, 9.17) is 25.8 Å². The van der Waals surface area contributed by atoms with Gasteiger partial charge in [-0.2, -0.15) is 0 Å². The van der Waals surface area contributed by atoms with Crippen LogP contribution in [0.15, 0.2) is 48.5 Å². The fraction of sp³-hybridized carbons (Fsp3) is 0.548. The molecular weight excluding hydrogens is 516 g/mol. The second-order valence-corrected chi connectivity index (χ2v) is 10.7. The van der Waals surface area contributed by atoms with E-state index in [9.17, 15) is 9.59 Å². The summed E-state index contributed by atoms with van der Waals surface area (Å²) in [4.78, 5) is 28.6. The number of fused-ring (bicyclic) bond motifs is 1. The maximum Gasteiger partial charge on any atom is 0.247 e. The molecule has 1 saturated carbocycles. The van der Waals surface area contributed by atoms with Gasteiger partial charge in [-0.05, 0) is 49.1 Å². The van der Waals surface area contributed by atoms with E-state index in [1.165, 1.54) is 24.2 Å². The van der Waals surface area contributed by atoms with E-state index in [2.05, 4.69) is 12.2 Å². The lowest BCUT2D eigenvalue weighted by Gasteiger charge is -2.36. The molecule has 212 valence electrons. The predicted molar refractivity (Wildman–Crippen MR) is 153 cm³/mol. The number of halogens is 1. The van der Waals surface area contributed by atoms with Crippen LogP contribution in [0.2, 0.25) is 0 Å². The van der Waals surface area contributed by atoms with Crippen LogP contribution < -0.4 is 19.5 Å². The van der Waals surface area contributed by atoms with E-state index in [0.717, 1.165) is 44.3 Å². The highest BCUT2D eigenvalue weighted by atomic mass is 35.5. The summed E-state index contributed by atoms with van der Waals surface area (Å²) in [5.74, 6) is 1.26. The molecule has 2 atom stereocenters. The number of amides is 2. The Kier molecular flexibility index (Phi) is 11.2. The first-order valence-corrected chi connectivity index (χ1v) is 14.9. The molecule has 2 aliphatic rings. The smallest absolute Gasteiger partial charge is 0.247 e. The van der Waals surface area contributed by atoms with Gasteiger partial charge in [0.1, 0.15) is 24.3 Å². The summed E-state index contributed by atoms with van der Waals surface area (Å²) in [5.41, 5.74) is 0.706. The Bertz CT molecular complexity index is 1060. The Morgan fingerprint density at radius 3 is 2.49 bits per heavy atom. The number of carbonyl (C=O) groups is 2. The number of unbranched alkanes of at least 4 members (excludes halogenated alkanes) is 3. The van der Waals surface area contributed by atoms with Crippen LogP contribution in [0.3, 0.4) is 0 Å². The summed E-state index contributed by atoms with van der Waals surface area (Å²) in [7, 11) is 0. The molecule has 1 aliphatic carbocycles. The first kappa shape index (κ1) is 29.1. The number of carbonyl (C=O) groups excluding carboxylic acids is 2. The van der Waals surface area contributed by atoms with Gasteiger partial charge >= 0.3 is 0 Å². The molecule has 39 heavy (non-hydrogen) atoms. The lowest BCUT2D eigenvalue weighted by Crippen LogP contribution is -2.51. The number of rotatable bonds is 13. The number of ether oxygens (including phenoxy) is 3. The fourth-order valence-corrected chi connectivity index (χ4v) is 5.42. The SMILES string of the molecule is CCCCCCOc1ccc([C@H](C(=O)NC2CCCCC2)N(C[C@H]2COc3ccccc3O2)C(=O)CCl)cc1. The Hall–Kier alpha value is -2.93. The fourth-order valence-electron chi connectivity index (χ4n) is 5.27. The average molecular weight is 557 g/mol. The zero-order valence-electron chi connectivity index (χ0n) is 22.9. The number of hydrogen-bond acceptors (Lipinski definition) is 5. The molecule has 0 radical (unpaired) electrons. The van der Waals surface area contributed by atoms with Crippen molar-refractivity contribution >= 4 is 23.4 Å². The molecule has 0 unspecified atom stereocenters. The third-order valence-corrected chi connectivity index (χ3v) is 7.61. The second-order valence-electron chi connectivity index (χ2n) is 10.4. The van der Waals surface area contributed by atoms with Gasteiger partial charge in [0.25, 0.3) is 0 Å². The van der Waals surface area contributed by atoms with Crippen LogP contribution in [0, 0.1) is 0 Å². The van der Waals surface area contributed by atoms with Crippen molar-refractivity contribution in [2.24, 2.45) is 0 Å². The lowest BCUT2D eigenvalue weighted by atomic mass is 9.94. The van der Waals surface area contributed by atoms with Crippen molar-refractivity contribution < 1.29 is 23.8 Å². The monoisotopic (exact) mass is 556 g/mol. The highest BCUT2D eigenvalue weighted by Gasteiger charge is 2.35. The number of para-hydroxylation sites is 2. The molecule has 1 N–H and O–H groups in total. The Morgan fingerprint density at radius 1 is 1.03 bits per heavy atom. The van der Waals surface area contributed by atoms with Gasteiger partial charge in [0.2, 0.25) is 11.8 Å². The van der Waals surface area contributed by atoms with Crippen molar-refractivity contribution in [3.8, 4) is 17.2 Å². The van der Waals surface area contributed by atoms with Crippen molar-refractivity contribution in [1.82, 2.24) is 10.2 Å². The van der Waals surface area contributed by atoms with Gasteiger partial charge < -0.3 is 24.4 Å². The highest BCUT2D eigenvalue weighted by Crippen LogP contribution is 2.32. The van der Waals surface area contributed by atoms with Gasteiger partial charge in [0.05, 0.1) is 13.2 Å². The Labute approximate surface area is 237 Å². The molecule has 0 aromatic heterocycles. The number of nitrogens with one attached hydrogen (secondary N) is 1. The van der Waals surface area contributed by atoms with E-state index in [0.29, 0.717) is 23.7 Å². The summed E-state index contributed by atoms with van der Waals surface area (Å²) in [6.45, 7) is 3.27. The number of alkyl halides is 1. The zero-order valence-corrected chi connectivity index (χ0v) is 23.7. The van der Waals surface area contributed by atoms with Crippen molar-refractivity contribution in [2.75, 3.05) is 25.6 Å². The minimum Gasteiger partial charge on any atom is -0.494 e. The van der Waals surface area contributed by atoms with Crippen molar-refractivity contribution in [1.29, 1.82) is 0 Å². The normalized spacial score (nSPS) is 17.7. The van der Waals surface area contributed by atoms with E-state index in [1.54, 1.807) is 0 Å². The van der Waals surface area contributed by atoms with Gasteiger partial charge in [-0.15, -0.1) is 11.6 Å². The van der Waals surface area contributed by atoms with Gasteiger partial charge in [-0.1, -0.05) is 69.7 Å². The third kappa shape index (κ3) is 8.28. The van der Waals surface area contributed by atoms with Crippen LogP contribution >= 0.6 is 11.6 Å². The van der Waals surface area contributed by atoms with E-state index < -0.39 is 12.1 Å². The van der Waals surface area contributed by atoms with Crippen molar-refractivity contribution in [2.45, 2.75) is 82.9 Å². The number of benzene rings is 2. The quantitative estimate of drug-likeness (QED) is 0.240. The highest BCUT2D eigenvalue weighted by molar-refractivity contribution is 6.27. The van der Waals surface area contributed by atoms with Crippen molar-refractivity contribution in [3.05, 3.63) is 54.1 Å². The summed E-state index contributed by atoms with van der Waals surface area (Å²) in [5, 5.41) is 3.22. The molecular formula is C31H41ClN2O5. The van der Waals surface area contributed by atoms with Gasteiger partial charge in [-0.25, -0.2) is 0 Å². The van der Waals surface area contributed by atoms with E-state index in [-0.39, 0.29) is 36.9 Å². The molecule has 1 heterocycles. The maximum atomic E-state index is 13.8. The summed E-state index contributed by atoms with van der Waals surface area (Å²) < 4.78 is 17.9. The molecule has 4 rings (SSSR count). The first-order valence-electron chi connectivity index (χ1n) is 14.4. The average Bonchev–Trinajstić information content (AvgIpc) is 2.97. The maximum absolute atomic E-state index is 13.8. The van der Waals surface area contributed by atoms with Gasteiger partial charge in [-0.3, -0.25) is 9.59 Å². The Balaban J connectivity index is 1.53. The van der Waals surface area contributed by atoms with Crippen LogP contribution in [0.25, 0.3) is 0 Å². The minimum absolute atomic E-state index is 0.105. The number of nitrogens with zero attached hydrogens (tertiary/aromatic N) is 1. The molecule has 1 aliphatic heterocycles. The summed E-state index contributed by atoms with van der Waals surface area (Å²) >= 11 is 6.08. The topological polar surface area (TPSA) is 77.1 Å². The largest absolute Gasteiger partial charge is 0.494 e. The molecule has 7 nitrogen and oxygen atoms in total.